The lowest BCUT2D eigenvalue weighted by molar-refractivity contribution is -0.142. The van der Waals surface area contributed by atoms with Crippen molar-refractivity contribution in [3.8, 4) is 5.75 Å². The molecule has 0 heterocycles. The van der Waals surface area contributed by atoms with Crippen molar-refractivity contribution in [1.82, 2.24) is 15.5 Å². The maximum Gasteiger partial charge on any atom is 0.243 e. The van der Waals surface area contributed by atoms with Crippen LogP contribution in [0, 0.1) is 5.92 Å². The van der Waals surface area contributed by atoms with Crippen LogP contribution in [0.5, 0.6) is 5.75 Å². The highest BCUT2D eigenvalue weighted by Crippen LogP contribution is 2.42. The number of methoxy groups -OCH3 is 1. The average Bonchev–Trinajstić information content (AvgIpc) is 3.39. The molecular formula is C36H51N3O5. The second-order valence-corrected chi connectivity index (χ2v) is 11.7. The van der Waals surface area contributed by atoms with Gasteiger partial charge in [0, 0.05) is 25.6 Å². The lowest BCUT2D eigenvalue weighted by atomic mass is 9.98. The van der Waals surface area contributed by atoms with E-state index in [9.17, 15) is 14.7 Å². The van der Waals surface area contributed by atoms with Gasteiger partial charge in [-0.1, -0.05) is 75.2 Å². The Morgan fingerprint density at radius 3 is 2.55 bits per heavy atom. The maximum absolute atomic E-state index is 13.7. The summed E-state index contributed by atoms with van der Waals surface area (Å²) >= 11 is 0. The van der Waals surface area contributed by atoms with Gasteiger partial charge in [0.1, 0.15) is 11.8 Å². The predicted molar refractivity (Wildman–Crippen MR) is 175 cm³/mol. The highest BCUT2D eigenvalue weighted by Gasteiger charge is 2.34. The normalized spacial score (nSPS) is 18.4. The third kappa shape index (κ3) is 9.52. The number of hydrogen-bond donors (Lipinski definition) is 3. The first-order valence-electron chi connectivity index (χ1n) is 15.8. The number of carbonyl (C=O) groups is 2. The maximum atomic E-state index is 13.7. The fraction of sp³-hybridized carbons (Fsp3) is 0.500. The molecule has 0 radical (unpaired) electrons. The number of unbranched alkanes of at least 4 members (excludes halogenated alkanes) is 1. The molecule has 0 aromatic heterocycles. The van der Waals surface area contributed by atoms with Crippen LogP contribution in [0.4, 0.5) is 0 Å². The second-order valence-electron chi connectivity index (χ2n) is 11.7. The number of ether oxygens (including phenoxy) is 2. The molecule has 1 aliphatic carbocycles. The number of nitrogens with one attached hydrogen (secondary N) is 2. The Morgan fingerprint density at radius 1 is 1.14 bits per heavy atom. The first kappa shape index (κ1) is 35.0. The second kappa shape index (κ2) is 17.7. The van der Waals surface area contributed by atoms with Gasteiger partial charge in [0.25, 0.3) is 0 Å². The van der Waals surface area contributed by atoms with Gasteiger partial charge in [-0.2, -0.15) is 0 Å². The van der Waals surface area contributed by atoms with Crippen LogP contribution in [0.1, 0.15) is 74.8 Å². The Morgan fingerprint density at radius 2 is 1.89 bits per heavy atom. The zero-order valence-electron chi connectivity index (χ0n) is 26.8. The van der Waals surface area contributed by atoms with Crippen LogP contribution in [0.2, 0.25) is 0 Å². The SMILES string of the molecule is C=CCO[C@@H]1C[C@H](NC[C@@H](O)[C@H](Cc2ccccc2)NC(=O)C(CC=C)N(C)C(=O)C(C)CCCC)c2cc(OC)ccc21. The van der Waals surface area contributed by atoms with Crippen molar-refractivity contribution in [2.75, 3.05) is 27.3 Å². The number of aliphatic hydroxyl groups excluding tert-OH is 1. The third-order valence-electron chi connectivity index (χ3n) is 8.47. The summed E-state index contributed by atoms with van der Waals surface area (Å²) in [6, 6.07) is 14.4. The van der Waals surface area contributed by atoms with Crippen LogP contribution < -0.4 is 15.4 Å². The van der Waals surface area contributed by atoms with E-state index < -0.39 is 18.2 Å². The van der Waals surface area contributed by atoms with Crippen molar-refractivity contribution in [2.24, 2.45) is 5.92 Å². The summed E-state index contributed by atoms with van der Waals surface area (Å²) in [4.78, 5) is 28.5. The molecule has 6 atom stereocenters. The molecule has 3 N–H and O–H groups in total. The molecule has 3 rings (SSSR count). The standard InChI is InChI=1S/C36H51N3O5/c1-7-10-15-25(4)36(42)39(5)32(14-8-2)35(41)38-31(21-26-16-12-11-13-17-26)33(40)24-37-30-23-34(44-20-9-3)28-19-18-27(43-6)22-29(28)30/h8-9,11-13,16-19,22,25,30-34,37,40H,2-3,7,10,14-15,20-21,23-24H2,1,4-6H3,(H,38,41)/t25?,30-,31-,32?,33+,34+/m0/s1. The van der Waals surface area contributed by atoms with Gasteiger partial charge < -0.3 is 30.1 Å². The van der Waals surface area contributed by atoms with Crippen molar-refractivity contribution >= 4 is 11.8 Å². The summed E-state index contributed by atoms with van der Waals surface area (Å²) in [5, 5.41) is 18.1. The van der Waals surface area contributed by atoms with Crippen molar-refractivity contribution in [2.45, 2.75) is 82.7 Å². The van der Waals surface area contributed by atoms with Crippen molar-refractivity contribution in [3.63, 3.8) is 0 Å². The predicted octanol–water partition coefficient (Wildman–Crippen LogP) is 5.29. The molecule has 8 heteroatoms. The van der Waals surface area contributed by atoms with Gasteiger partial charge >= 0.3 is 0 Å². The van der Waals surface area contributed by atoms with E-state index in [0.29, 0.717) is 25.9 Å². The van der Waals surface area contributed by atoms with E-state index in [0.717, 1.165) is 41.7 Å². The molecule has 0 saturated heterocycles. The smallest absolute Gasteiger partial charge is 0.243 e. The molecular weight excluding hydrogens is 554 g/mol. The number of carbonyl (C=O) groups excluding carboxylic acids is 2. The lowest BCUT2D eigenvalue weighted by Gasteiger charge is -2.32. The van der Waals surface area contributed by atoms with Gasteiger partial charge in [-0.05, 0) is 54.5 Å². The number of nitrogens with zero attached hydrogens (tertiary/aromatic N) is 1. The lowest BCUT2D eigenvalue weighted by Crippen LogP contribution is -2.55. The Hall–Kier alpha value is -3.46. The molecule has 0 fully saturated rings. The molecule has 44 heavy (non-hydrogen) atoms. The van der Waals surface area contributed by atoms with E-state index in [1.165, 1.54) is 4.90 Å². The van der Waals surface area contributed by atoms with Gasteiger partial charge in [-0.3, -0.25) is 9.59 Å². The van der Waals surface area contributed by atoms with Gasteiger partial charge in [0.15, 0.2) is 0 Å². The van der Waals surface area contributed by atoms with Crippen molar-refractivity contribution in [1.29, 1.82) is 0 Å². The highest BCUT2D eigenvalue weighted by atomic mass is 16.5. The molecule has 2 aromatic rings. The molecule has 0 saturated carbocycles. The molecule has 2 unspecified atom stereocenters. The monoisotopic (exact) mass is 605 g/mol. The highest BCUT2D eigenvalue weighted by molar-refractivity contribution is 5.88. The van der Waals surface area contributed by atoms with Gasteiger partial charge in [-0.15, -0.1) is 13.2 Å². The molecule has 2 amide bonds. The van der Waals surface area contributed by atoms with Crippen molar-refractivity contribution < 1.29 is 24.2 Å². The largest absolute Gasteiger partial charge is 0.497 e. The molecule has 2 aromatic carbocycles. The van der Waals surface area contributed by atoms with Gasteiger partial charge in [-0.25, -0.2) is 0 Å². The van der Waals surface area contributed by atoms with E-state index in [2.05, 4.69) is 30.7 Å². The summed E-state index contributed by atoms with van der Waals surface area (Å²) < 4.78 is 11.5. The zero-order valence-corrected chi connectivity index (χ0v) is 26.8. The van der Waals surface area contributed by atoms with E-state index in [-0.39, 0.29) is 36.4 Å². The zero-order chi connectivity index (χ0) is 32.1. The van der Waals surface area contributed by atoms with Crippen LogP contribution in [0.25, 0.3) is 0 Å². The Bertz CT molecular complexity index is 1220. The number of likely N-dealkylation sites (N-methyl/N-ethyl adjacent to an activating group) is 1. The van der Waals surface area contributed by atoms with E-state index >= 15 is 0 Å². The fourth-order valence-electron chi connectivity index (χ4n) is 5.85. The van der Waals surface area contributed by atoms with Crippen LogP contribution in [-0.4, -0.2) is 67.3 Å². The molecule has 1 aliphatic rings. The van der Waals surface area contributed by atoms with Crippen LogP contribution in [0.3, 0.4) is 0 Å². The first-order chi connectivity index (χ1) is 21.2. The first-order valence-corrected chi connectivity index (χ1v) is 15.8. The minimum atomic E-state index is -0.907. The van der Waals surface area contributed by atoms with Crippen molar-refractivity contribution in [3.05, 3.63) is 90.5 Å². The minimum absolute atomic E-state index is 0.0640. The Balaban J connectivity index is 1.77. The number of rotatable bonds is 19. The van der Waals surface area contributed by atoms with Gasteiger partial charge in [0.2, 0.25) is 11.8 Å². The number of aliphatic hydroxyl groups is 1. The summed E-state index contributed by atoms with van der Waals surface area (Å²) in [7, 11) is 3.32. The average molecular weight is 606 g/mol. The van der Waals surface area contributed by atoms with Crippen LogP contribution in [0.15, 0.2) is 73.8 Å². The topological polar surface area (TPSA) is 100 Å². The van der Waals surface area contributed by atoms with E-state index in [1.807, 2.05) is 55.5 Å². The number of benzene rings is 2. The Labute approximate surface area is 263 Å². The molecule has 0 spiro atoms. The summed E-state index contributed by atoms with van der Waals surface area (Å²) in [6.07, 6.45) is 6.57. The van der Waals surface area contributed by atoms with E-state index in [4.69, 9.17) is 9.47 Å². The Kier molecular flexibility index (Phi) is 14.1. The van der Waals surface area contributed by atoms with Gasteiger partial charge in [0.05, 0.1) is 32.0 Å². The summed E-state index contributed by atoms with van der Waals surface area (Å²) in [6.45, 7) is 12.3. The number of amides is 2. The number of hydrogen-bond acceptors (Lipinski definition) is 6. The molecule has 8 nitrogen and oxygen atoms in total. The minimum Gasteiger partial charge on any atom is -0.497 e. The number of fused-ring (bicyclic) bond motifs is 1. The third-order valence-corrected chi connectivity index (χ3v) is 8.47. The van der Waals surface area contributed by atoms with E-state index in [1.54, 1.807) is 26.3 Å². The molecule has 240 valence electrons. The van der Waals surface area contributed by atoms with Crippen LogP contribution >= 0.6 is 0 Å². The summed E-state index contributed by atoms with van der Waals surface area (Å²) in [5.74, 6) is 0.205. The quantitative estimate of drug-likeness (QED) is 0.188. The summed E-state index contributed by atoms with van der Waals surface area (Å²) in [5.41, 5.74) is 3.14. The fourth-order valence-corrected chi connectivity index (χ4v) is 5.85. The van der Waals surface area contributed by atoms with Crippen LogP contribution in [-0.2, 0) is 20.7 Å². The molecule has 0 aliphatic heterocycles. The molecule has 0 bridgehead atoms.